The maximum absolute atomic E-state index is 12.2. The first-order chi connectivity index (χ1) is 9.08. The first-order valence-electron chi connectivity index (χ1n) is 6.47. The Hall–Kier alpha value is -1.42. The van der Waals surface area contributed by atoms with Crippen molar-refractivity contribution >= 4 is 17.5 Å². The average molecular weight is 284 g/mol. The molecule has 1 aromatic rings. The van der Waals surface area contributed by atoms with Gasteiger partial charge in [-0.15, -0.1) is 11.6 Å². The minimum Gasteiger partial charge on any atom is -0.504 e. The largest absolute Gasteiger partial charge is 0.504 e. The number of benzene rings is 1. The number of carbonyl (C=O) groups is 1. The fourth-order valence-corrected chi connectivity index (χ4v) is 2.88. The van der Waals surface area contributed by atoms with E-state index in [4.69, 9.17) is 11.6 Å². The minimum absolute atomic E-state index is 0.0788. The molecule has 1 fully saturated rings. The molecule has 0 bridgehead atoms. The summed E-state index contributed by atoms with van der Waals surface area (Å²) in [5.41, 5.74) is -0.315. The second-order valence-corrected chi connectivity index (χ2v) is 5.37. The first-order valence-corrected chi connectivity index (χ1v) is 7.01. The fourth-order valence-electron chi connectivity index (χ4n) is 2.54. The van der Waals surface area contributed by atoms with Crippen molar-refractivity contribution in [2.45, 2.75) is 37.6 Å². The van der Waals surface area contributed by atoms with Gasteiger partial charge in [-0.25, -0.2) is 0 Å². The molecule has 4 nitrogen and oxygen atoms in total. The molecule has 3 N–H and O–H groups in total. The lowest BCUT2D eigenvalue weighted by Gasteiger charge is -2.36. The molecule has 1 aliphatic carbocycles. The third kappa shape index (κ3) is 2.95. The monoisotopic (exact) mass is 283 g/mol. The van der Waals surface area contributed by atoms with E-state index in [-0.39, 0.29) is 17.1 Å². The summed E-state index contributed by atoms with van der Waals surface area (Å²) in [7, 11) is 0. The number of aromatic hydroxyl groups is 2. The second-order valence-electron chi connectivity index (χ2n) is 5.10. The van der Waals surface area contributed by atoms with Crippen molar-refractivity contribution in [3.8, 4) is 11.5 Å². The summed E-state index contributed by atoms with van der Waals surface area (Å²) in [6.07, 6.45) is 4.94. The highest BCUT2D eigenvalue weighted by Gasteiger charge is 2.33. The van der Waals surface area contributed by atoms with Crippen LogP contribution in [-0.4, -0.2) is 27.5 Å². The SMILES string of the molecule is O=C(NC1(CCl)CCCCC1)c1cccc(O)c1O. The van der Waals surface area contributed by atoms with Crippen LogP contribution in [0, 0.1) is 0 Å². The molecule has 0 radical (unpaired) electrons. The van der Waals surface area contributed by atoms with Crippen molar-refractivity contribution in [3.63, 3.8) is 0 Å². The molecule has 2 rings (SSSR count). The van der Waals surface area contributed by atoms with Gasteiger partial charge in [0.15, 0.2) is 11.5 Å². The van der Waals surface area contributed by atoms with Crippen LogP contribution in [0.3, 0.4) is 0 Å². The van der Waals surface area contributed by atoms with E-state index in [0.717, 1.165) is 32.1 Å². The molecule has 1 aliphatic rings. The number of para-hydroxylation sites is 1. The lowest BCUT2D eigenvalue weighted by Crippen LogP contribution is -2.51. The number of phenols is 2. The summed E-state index contributed by atoms with van der Waals surface area (Å²) < 4.78 is 0. The zero-order chi connectivity index (χ0) is 13.9. The van der Waals surface area contributed by atoms with E-state index in [1.807, 2.05) is 0 Å². The third-order valence-electron chi connectivity index (χ3n) is 3.70. The third-order valence-corrected chi connectivity index (χ3v) is 4.22. The summed E-state index contributed by atoms with van der Waals surface area (Å²) in [5, 5.41) is 22.1. The molecule has 0 atom stereocenters. The van der Waals surface area contributed by atoms with Gasteiger partial charge in [0.25, 0.3) is 5.91 Å². The summed E-state index contributed by atoms with van der Waals surface area (Å²) in [4.78, 5) is 12.2. The van der Waals surface area contributed by atoms with Crippen LogP contribution in [0.4, 0.5) is 0 Å². The molecule has 1 amide bonds. The van der Waals surface area contributed by atoms with E-state index in [9.17, 15) is 15.0 Å². The molecule has 0 aliphatic heterocycles. The molecule has 1 saturated carbocycles. The van der Waals surface area contributed by atoms with Crippen molar-refractivity contribution in [2.75, 3.05) is 5.88 Å². The highest BCUT2D eigenvalue weighted by Crippen LogP contribution is 2.32. The predicted octanol–water partition coefficient (Wildman–Crippen LogP) is 2.77. The Morgan fingerprint density at radius 2 is 1.95 bits per heavy atom. The number of alkyl halides is 1. The second kappa shape index (κ2) is 5.70. The maximum atomic E-state index is 12.2. The molecule has 0 unspecified atom stereocenters. The Morgan fingerprint density at radius 3 is 2.58 bits per heavy atom. The normalized spacial score (nSPS) is 17.9. The number of amides is 1. The Labute approximate surface area is 117 Å². The molecule has 0 saturated heterocycles. The smallest absolute Gasteiger partial charge is 0.255 e. The lowest BCUT2D eigenvalue weighted by atomic mass is 9.83. The Morgan fingerprint density at radius 1 is 1.26 bits per heavy atom. The van der Waals surface area contributed by atoms with Crippen LogP contribution >= 0.6 is 11.6 Å². The molecule has 0 heterocycles. The van der Waals surface area contributed by atoms with Gasteiger partial charge in [-0.3, -0.25) is 4.79 Å². The van der Waals surface area contributed by atoms with Gasteiger partial charge in [0.05, 0.1) is 11.1 Å². The molecule has 0 aromatic heterocycles. The quantitative estimate of drug-likeness (QED) is 0.590. The summed E-state index contributed by atoms with van der Waals surface area (Å²) in [5.74, 6) is -0.717. The summed E-state index contributed by atoms with van der Waals surface area (Å²) in [6, 6.07) is 4.34. The highest BCUT2D eigenvalue weighted by atomic mass is 35.5. The van der Waals surface area contributed by atoms with Crippen molar-refractivity contribution < 1.29 is 15.0 Å². The number of hydrogen-bond acceptors (Lipinski definition) is 3. The van der Waals surface area contributed by atoms with Crippen LogP contribution in [0.1, 0.15) is 42.5 Å². The van der Waals surface area contributed by atoms with E-state index in [0.29, 0.717) is 5.88 Å². The number of halogens is 1. The van der Waals surface area contributed by atoms with Gasteiger partial charge in [-0.1, -0.05) is 25.3 Å². The molecule has 0 spiro atoms. The molecule has 19 heavy (non-hydrogen) atoms. The van der Waals surface area contributed by atoms with E-state index in [1.54, 1.807) is 0 Å². The number of carbonyl (C=O) groups excluding carboxylic acids is 1. The van der Waals surface area contributed by atoms with Gasteiger partial charge < -0.3 is 15.5 Å². The molecule has 5 heteroatoms. The number of rotatable bonds is 3. The maximum Gasteiger partial charge on any atom is 0.255 e. The van der Waals surface area contributed by atoms with Crippen molar-refractivity contribution in [3.05, 3.63) is 23.8 Å². The fraction of sp³-hybridized carbons (Fsp3) is 0.500. The van der Waals surface area contributed by atoms with E-state index in [1.165, 1.54) is 18.2 Å². The average Bonchev–Trinajstić information content (AvgIpc) is 2.42. The Bertz CT molecular complexity index is 470. The van der Waals surface area contributed by atoms with E-state index < -0.39 is 11.4 Å². The van der Waals surface area contributed by atoms with Crippen LogP contribution in [0.25, 0.3) is 0 Å². The van der Waals surface area contributed by atoms with Crippen LogP contribution < -0.4 is 5.32 Å². The van der Waals surface area contributed by atoms with Crippen LogP contribution in [0.2, 0.25) is 0 Å². The van der Waals surface area contributed by atoms with Crippen molar-refractivity contribution in [2.24, 2.45) is 0 Å². The van der Waals surface area contributed by atoms with Gasteiger partial charge in [0, 0.05) is 5.88 Å². The molecule has 104 valence electrons. The number of nitrogens with one attached hydrogen (secondary N) is 1. The molecular weight excluding hydrogens is 266 g/mol. The minimum atomic E-state index is -0.394. The first kappa shape index (κ1) is 14.0. The van der Waals surface area contributed by atoms with Gasteiger partial charge in [-0.2, -0.15) is 0 Å². The van der Waals surface area contributed by atoms with Crippen molar-refractivity contribution in [1.29, 1.82) is 0 Å². The van der Waals surface area contributed by atoms with Crippen LogP contribution in [-0.2, 0) is 0 Å². The Balaban J connectivity index is 2.17. The predicted molar refractivity (Wildman–Crippen MR) is 73.8 cm³/mol. The zero-order valence-electron chi connectivity index (χ0n) is 10.7. The standard InChI is InChI=1S/C14H18ClNO3/c15-9-14(7-2-1-3-8-14)16-13(19)10-5-4-6-11(17)12(10)18/h4-6,17-18H,1-3,7-9H2,(H,16,19). The Kier molecular flexibility index (Phi) is 4.20. The zero-order valence-corrected chi connectivity index (χ0v) is 11.4. The number of phenolic OH excluding ortho intramolecular Hbond substituents is 2. The molecular formula is C14H18ClNO3. The topological polar surface area (TPSA) is 69.6 Å². The van der Waals surface area contributed by atoms with Gasteiger partial charge in [0.1, 0.15) is 0 Å². The van der Waals surface area contributed by atoms with Crippen LogP contribution in [0.15, 0.2) is 18.2 Å². The summed E-state index contributed by atoms with van der Waals surface area (Å²) in [6.45, 7) is 0. The van der Waals surface area contributed by atoms with E-state index >= 15 is 0 Å². The summed E-state index contributed by atoms with van der Waals surface area (Å²) >= 11 is 6.01. The van der Waals surface area contributed by atoms with Gasteiger partial charge >= 0.3 is 0 Å². The van der Waals surface area contributed by atoms with Gasteiger partial charge in [-0.05, 0) is 25.0 Å². The van der Waals surface area contributed by atoms with Crippen LogP contribution in [0.5, 0.6) is 11.5 Å². The van der Waals surface area contributed by atoms with E-state index in [2.05, 4.69) is 5.32 Å². The van der Waals surface area contributed by atoms with Crippen molar-refractivity contribution in [1.82, 2.24) is 5.32 Å². The highest BCUT2D eigenvalue weighted by molar-refractivity contribution is 6.19. The number of hydrogen-bond donors (Lipinski definition) is 3. The molecule has 1 aromatic carbocycles. The van der Waals surface area contributed by atoms with Gasteiger partial charge in [0.2, 0.25) is 0 Å². The lowest BCUT2D eigenvalue weighted by molar-refractivity contribution is 0.0881.